The number of likely N-dealkylation sites (tertiary alicyclic amines) is 1. The number of alkyl halides is 3. The third-order valence-electron chi connectivity index (χ3n) is 8.77. The number of carbonyl (C=O) groups excluding carboxylic acids is 1. The maximum absolute atomic E-state index is 13.9. The number of hydrogen-bond acceptors (Lipinski definition) is 8. The first kappa shape index (κ1) is 30.4. The lowest BCUT2D eigenvalue weighted by Crippen LogP contribution is -2.53. The Kier molecular flexibility index (Phi) is 8.91. The van der Waals surface area contributed by atoms with Crippen molar-refractivity contribution in [2.24, 2.45) is 4.99 Å². The molecule has 3 fully saturated rings. The highest BCUT2D eigenvalue weighted by atomic mass is 19.4. The molecule has 0 aliphatic carbocycles. The lowest BCUT2D eigenvalue weighted by molar-refractivity contribution is -0.141. The van der Waals surface area contributed by atoms with Crippen LogP contribution in [-0.2, 0) is 12.6 Å². The van der Waals surface area contributed by atoms with Crippen molar-refractivity contribution in [1.82, 2.24) is 19.8 Å². The van der Waals surface area contributed by atoms with Gasteiger partial charge in [0.15, 0.2) is 5.69 Å². The van der Waals surface area contributed by atoms with Crippen molar-refractivity contribution in [1.29, 1.82) is 5.26 Å². The number of piperidine rings is 1. The van der Waals surface area contributed by atoms with Crippen molar-refractivity contribution < 1.29 is 22.4 Å². The fraction of sp³-hybridized carbons (Fsp3) is 0.469. The number of piperazine rings is 1. The highest BCUT2D eigenvalue weighted by Gasteiger charge is 2.42. The molecule has 6 rings (SSSR count). The minimum absolute atomic E-state index is 0.169. The standard InChI is InChI=1S/C32H35F3N8O2/c33-32(34,35)29-28(45-31(39-29)43-14-10-25(11-15-43)24-6-2-1-3-7-24)26(44)20-23-8-9-27(37-21-23)40-16-18-42(19-17-40)30(38-22-36)41-12-4-5-13-41/h1-3,6-9,21,25H,4-5,10-20H2. The number of guanidine groups is 1. The van der Waals surface area contributed by atoms with E-state index in [1.807, 2.05) is 24.4 Å². The van der Waals surface area contributed by atoms with E-state index in [2.05, 4.69) is 41.8 Å². The zero-order chi connectivity index (χ0) is 31.4. The molecular formula is C32H35F3N8O2. The second-order valence-corrected chi connectivity index (χ2v) is 11.6. The Labute approximate surface area is 259 Å². The largest absolute Gasteiger partial charge is 0.437 e. The van der Waals surface area contributed by atoms with Crippen molar-refractivity contribution in [2.75, 3.05) is 62.2 Å². The molecule has 0 atom stereocenters. The predicted octanol–water partition coefficient (Wildman–Crippen LogP) is 4.95. The van der Waals surface area contributed by atoms with Gasteiger partial charge in [0.1, 0.15) is 5.82 Å². The molecule has 0 radical (unpaired) electrons. The second-order valence-electron chi connectivity index (χ2n) is 11.6. The summed E-state index contributed by atoms with van der Waals surface area (Å²) in [4.78, 5) is 33.5. The number of carbonyl (C=O) groups is 1. The van der Waals surface area contributed by atoms with E-state index < -0.39 is 23.4 Å². The Bertz CT molecular complexity index is 1530. The predicted molar refractivity (Wildman–Crippen MR) is 162 cm³/mol. The maximum atomic E-state index is 13.9. The minimum atomic E-state index is -4.83. The Morgan fingerprint density at radius 3 is 2.24 bits per heavy atom. The van der Waals surface area contributed by atoms with Crippen LogP contribution in [0.15, 0.2) is 58.1 Å². The monoisotopic (exact) mass is 620 g/mol. The van der Waals surface area contributed by atoms with E-state index in [-0.39, 0.29) is 12.4 Å². The molecule has 0 amide bonds. The molecular weight excluding hydrogens is 585 g/mol. The second kappa shape index (κ2) is 13.2. The van der Waals surface area contributed by atoms with Crippen LogP contribution in [0.1, 0.15) is 59.0 Å². The molecule has 0 saturated carbocycles. The number of nitriles is 1. The normalized spacial score (nSPS) is 18.4. The van der Waals surface area contributed by atoms with Gasteiger partial charge in [-0.25, -0.2) is 4.98 Å². The summed E-state index contributed by atoms with van der Waals surface area (Å²) in [7, 11) is 0. The van der Waals surface area contributed by atoms with E-state index in [9.17, 15) is 23.2 Å². The van der Waals surface area contributed by atoms with Gasteiger partial charge in [-0.1, -0.05) is 36.4 Å². The van der Waals surface area contributed by atoms with E-state index in [1.54, 1.807) is 17.0 Å². The van der Waals surface area contributed by atoms with E-state index in [0.717, 1.165) is 44.7 Å². The molecule has 13 heteroatoms. The van der Waals surface area contributed by atoms with Crippen molar-refractivity contribution in [3.05, 3.63) is 71.2 Å². The van der Waals surface area contributed by atoms with Gasteiger partial charge in [0.05, 0.1) is 0 Å². The number of nitrogens with zero attached hydrogens (tertiary/aromatic N) is 8. The number of anilines is 2. The zero-order valence-electron chi connectivity index (χ0n) is 24.9. The summed E-state index contributed by atoms with van der Waals surface area (Å²) in [5.41, 5.74) is 0.396. The van der Waals surface area contributed by atoms with Crippen LogP contribution in [0.3, 0.4) is 0 Å². The fourth-order valence-corrected chi connectivity index (χ4v) is 6.37. The van der Waals surface area contributed by atoms with E-state index in [1.165, 1.54) is 11.8 Å². The quantitative estimate of drug-likeness (QED) is 0.164. The molecule has 0 spiro atoms. The smallest absolute Gasteiger partial charge is 0.420 e. The van der Waals surface area contributed by atoms with Gasteiger partial charge in [-0.3, -0.25) is 4.79 Å². The number of rotatable bonds is 6. The summed E-state index contributed by atoms with van der Waals surface area (Å²) in [6.45, 7) is 5.45. The summed E-state index contributed by atoms with van der Waals surface area (Å²) >= 11 is 0. The number of pyridine rings is 1. The first-order chi connectivity index (χ1) is 21.8. The average Bonchev–Trinajstić information content (AvgIpc) is 3.76. The SMILES string of the molecule is N#CN=C(N1CCCC1)N1CCN(c2ccc(CC(=O)c3oc(N4CCC(c5ccccc5)CC4)nc3C(F)(F)F)cn2)CC1. The summed E-state index contributed by atoms with van der Waals surface area (Å²) in [6, 6.07) is 13.3. The molecule has 1 aromatic carbocycles. The molecule has 2 aromatic heterocycles. The maximum Gasteiger partial charge on any atom is 0.437 e. The highest BCUT2D eigenvalue weighted by Crippen LogP contribution is 2.37. The van der Waals surface area contributed by atoms with Gasteiger partial charge in [-0.05, 0) is 48.8 Å². The molecule has 0 unspecified atom stereocenters. The number of hydrogen-bond donors (Lipinski definition) is 0. The summed E-state index contributed by atoms with van der Waals surface area (Å²) in [5, 5.41) is 9.18. The van der Waals surface area contributed by atoms with Crippen LogP contribution in [0.4, 0.5) is 25.0 Å². The van der Waals surface area contributed by atoms with Crippen LogP contribution < -0.4 is 9.80 Å². The zero-order valence-corrected chi connectivity index (χ0v) is 24.9. The number of aliphatic imine (C=N–C) groups is 1. The van der Waals surface area contributed by atoms with Gasteiger partial charge in [-0.2, -0.15) is 23.4 Å². The molecule has 3 aliphatic rings. The molecule has 45 heavy (non-hydrogen) atoms. The van der Waals surface area contributed by atoms with E-state index in [0.29, 0.717) is 56.6 Å². The van der Waals surface area contributed by atoms with Crippen molar-refractivity contribution >= 4 is 23.6 Å². The third kappa shape index (κ3) is 6.90. The van der Waals surface area contributed by atoms with Gasteiger partial charge in [0.25, 0.3) is 6.01 Å². The Morgan fingerprint density at radius 1 is 0.933 bits per heavy atom. The molecule has 0 N–H and O–H groups in total. The summed E-state index contributed by atoms with van der Waals surface area (Å²) in [5.74, 6) is 0.180. The molecule has 3 aliphatic heterocycles. The number of Topliss-reactive ketones (excluding diaryl/α,β-unsaturated/α-hetero) is 1. The summed E-state index contributed by atoms with van der Waals surface area (Å²) in [6.07, 6.45) is 2.00. The van der Waals surface area contributed by atoms with Crippen LogP contribution in [0, 0.1) is 11.5 Å². The van der Waals surface area contributed by atoms with E-state index >= 15 is 0 Å². The number of halogens is 3. The van der Waals surface area contributed by atoms with Crippen LogP contribution in [0.25, 0.3) is 0 Å². The number of aromatic nitrogens is 2. The molecule has 3 saturated heterocycles. The number of benzene rings is 1. The lowest BCUT2D eigenvalue weighted by Gasteiger charge is -2.39. The number of oxazole rings is 1. The molecule has 10 nitrogen and oxygen atoms in total. The Balaban J connectivity index is 1.08. The van der Waals surface area contributed by atoms with Gasteiger partial charge < -0.3 is 24.0 Å². The van der Waals surface area contributed by atoms with E-state index in [4.69, 9.17) is 4.42 Å². The van der Waals surface area contributed by atoms with Crippen LogP contribution in [-0.4, -0.2) is 83.9 Å². The molecule has 0 bridgehead atoms. The van der Waals surface area contributed by atoms with Gasteiger partial charge in [0, 0.05) is 65.0 Å². The van der Waals surface area contributed by atoms with Crippen molar-refractivity contribution in [3.8, 4) is 6.19 Å². The van der Waals surface area contributed by atoms with Crippen molar-refractivity contribution in [2.45, 2.75) is 44.2 Å². The molecule has 236 valence electrons. The lowest BCUT2D eigenvalue weighted by atomic mass is 9.90. The molecule has 5 heterocycles. The van der Waals surface area contributed by atoms with Gasteiger partial charge in [-0.15, -0.1) is 4.99 Å². The van der Waals surface area contributed by atoms with Crippen LogP contribution >= 0.6 is 0 Å². The topological polar surface area (TPSA) is 105 Å². The van der Waals surface area contributed by atoms with Crippen molar-refractivity contribution in [3.63, 3.8) is 0 Å². The van der Waals surface area contributed by atoms with Crippen LogP contribution in [0.2, 0.25) is 0 Å². The Hall–Kier alpha value is -4.60. The highest BCUT2D eigenvalue weighted by molar-refractivity contribution is 5.96. The molecule has 3 aromatic rings. The summed E-state index contributed by atoms with van der Waals surface area (Å²) < 4.78 is 47.4. The first-order valence-corrected chi connectivity index (χ1v) is 15.4. The Morgan fingerprint density at radius 2 is 1.62 bits per heavy atom. The third-order valence-corrected chi connectivity index (χ3v) is 8.77. The van der Waals surface area contributed by atoms with Crippen LogP contribution in [0.5, 0.6) is 0 Å². The van der Waals surface area contributed by atoms with Gasteiger partial charge in [0.2, 0.25) is 23.7 Å². The fourth-order valence-electron chi connectivity index (χ4n) is 6.37. The minimum Gasteiger partial charge on any atom is -0.420 e. The first-order valence-electron chi connectivity index (χ1n) is 15.4. The number of ketones is 1. The van der Waals surface area contributed by atoms with Gasteiger partial charge >= 0.3 is 6.18 Å². The average molecular weight is 621 g/mol.